The van der Waals surface area contributed by atoms with Gasteiger partial charge in [-0.3, -0.25) is 0 Å². The van der Waals surface area contributed by atoms with E-state index in [-0.39, 0.29) is 0 Å². The van der Waals surface area contributed by atoms with Crippen molar-refractivity contribution in [2.24, 2.45) is 0 Å². The molecular formula is C36H24. The summed E-state index contributed by atoms with van der Waals surface area (Å²) in [5.41, 5.74) is 7.55. The summed E-state index contributed by atoms with van der Waals surface area (Å²) < 4.78 is 0. The molecule has 7 rings (SSSR count). The summed E-state index contributed by atoms with van der Waals surface area (Å²) in [7, 11) is 0. The van der Waals surface area contributed by atoms with Gasteiger partial charge in [0.15, 0.2) is 0 Å². The third-order valence-corrected chi connectivity index (χ3v) is 7.25. The Morgan fingerprint density at radius 1 is 0.278 bits per heavy atom. The molecule has 0 atom stereocenters. The maximum Gasteiger partial charge on any atom is -0.00204 e. The van der Waals surface area contributed by atoms with E-state index in [2.05, 4.69) is 146 Å². The molecule has 0 aromatic heterocycles. The summed E-state index contributed by atoms with van der Waals surface area (Å²) in [5.74, 6) is 0. The zero-order valence-electron chi connectivity index (χ0n) is 19.9. The largest absolute Gasteiger partial charge is 0.0622 e. The van der Waals surface area contributed by atoms with Crippen LogP contribution in [-0.2, 0) is 0 Å². The Labute approximate surface area is 211 Å². The zero-order chi connectivity index (χ0) is 23.9. The molecule has 0 aliphatic rings. The van der Waals surface area contributed by atoms with Crippen molar-refractivity contribution in [3.05, 3.63) is 146 Å². The fourth-order valence-electron chi connectivity index (χ4n) is 5.56. The van der Waals surface area contributed by atoms with E-state index in [1.165, 1.54) is 65.7 Å². The molecule has 0 heteroatoms. The van der Waals surface area contributed by atoms with Crippen LogP contribution in [0.15, 0.2) is 146 Å². The summed E-state index contributed by atoms with van der Waals surface area (Å²) >= 11 is 0. The van der Waals surface area contributed by atoms with E-state index in [0.29, 0.717) is 0 Å². The fraction of sp³-hybridized carbons (Fsp3) is 0. The van der Waals surface area contributed by atoms with Gasteiger partial charge in [0, 0.05) is 0 Å². The molecule has 0 radical (unpaired) electrons. The van der Waals surface area contributed by atoms with Crippen molar-refractivity contribution in [3.63, 3.8) is 0 Å². The van der Waals surface area contributed by atoms with Gasteiger partial charge >= 0.3 is 0 Å². The fourth-order valence-corrected chi connectivity index (χ4v) is 5.56. The number of hydrogen-bond donors (Lipinski definition) is 0. The SMILES string of the molecule is c1ccc(-c2ccc3cc4ccccc4cc3c2-c2ccccc2-c2cccc3ccccc23)cc1. The quantitative estimate of drug-likeness (QED) is 0.232. The Morgan fingerprint density at radius 2 is 0.889 bits per heavy atom. The summed E-state index contributed by atoms with van der Waals surface area (Å²) in [6.07, 6.45) is 0. The topological polar surface area (TPSA) is 0 Å². The maximum absolute atomic E-state index is 2.37. The van der Waals surface area contributed by atoms with Crippen LogP contribution in [0.5, 0.6) is 0 Å². The molecule has 0 bridgehead atoms. The Bertz CT molecular complexity index is 1870. The van der Waals surface area contributed by atoms with Gasteiger partial charge < -0.3 is 0 Å². The first-order valence-corrected chi connectivity index (χ1v) is 12.5. The molecule has 0 spiro atoms. The maximum atomic E-state index is 2.37. The summed E-state index contributed by atoms with van der Waals surface area (Å²) in [4.78, 5) is 0. The third-order valence-electron chi connectivity index (χ3n) is 7.25. The minimum atomic E-state index is 1.23. The molecule has 0 saturated heterocycles. The molecule has 0 fully saturated rings. The average molecular weight is 457 g/mol. The van der Waals surface area contributed by atoms with Crippen molar-refractivity contribution in [1.29, 1.82) is 0 Å². The van der Waals surface area contributed by atoms with Crippen molar-refractivity contribution < 1.29 is 0 Å². The minimum Gasteiger partial charge on any atom is -0.0622 e. The monoisotopic (exact) mass is 456 g/mol. The van der Waals surface area contributed by atoms with Crippen molar-refractivity contribution >= 4 is 32.3 Å². The molecule has 0 amide bonds. The third kappa shape index (κ3) is 3.39. The second-order valence-corrected chi connectivity index (χ2v) is 9.35. The van der Waals surface area contributed by atoms with Crippen molar-refractivity contribution in [2.45, 2.75) is 0 Å². The molecule has 7 aromatic rings. The predicted molar refractivity (Wildman–Crippen MR) is 155 cm³/mol. The van der Waals surface area contributed by atoms with Crippen molar-refractivity contribution in [1.82, 2.24) is 0 Å². The molecule has 0 aliphatic heterocycles. The molecule has 0 unspecified atom stereocenters. The van der Waals surface area contributed by atoms with Crippen LogP contribution in [0.4, 0.5) is 0 Å². The Kier molecular flexibility index (Phi) is 4.89. The minimum absolute atomic E-state index is 1.23. The summed E-state index contributed by atoms with van der Waals surface area (Å²) in [5, 5.41) is 7.61. The predicted octanol–water partition coefficient (Wildman–Crippen LogP) is 10.1. The van der Waals surface area contributed by atoms with Crippen molar-refractivity contribution in [3.8, 4) is 33.4 Å². The average Bonchev–Trinajstić information content (AvgIpc) is 2.96. The number of hydrogen-bond acceptors (Lipinski definition) is 0. The second kappa shape index (κ2) is 8.52. The van der Waals surface area contributed by atoms with Crippen LogP contribution in [0.3, 0.4) is 0 Å². The number of fused-ring (bicyclic) bond motifs is 3. The first-order valence-electron chi connectivity index (χ1n) is 12.5. The van der Waals surface area contributed by atoms with E-state index in [1.54, 1.807) is 0 Å². The molecular weight excluding hydrogens is 432 g/mol. The lowest BCUT2D eigenvalue weighted by Gasteiger charge is -2.19. The van der Waals surface area contributed by atoms with Crippen LogP contribution in [0.1, 0.15) is 0 Å². The normalized spacial score (nSPS) is 11.3. The highest BCUT2D eigenvalue weighted by Crippen LogP contribution is 2.44. The van der Waals surface area contributed by atoms with Crippen LogP contribution < -0.4 is 0 Å². The summed E-state index contributed by atoms with van der Waals surface area (Å²) in [6.45, 7) is 0. The first kappa shape index (κ1) is 20.7. The lowest BCUT2D eigenvalue weighted by Crippen LogP contribution is -1.92. The van der Waals surface area contributed by atoms with E-state index in [0.717, 1.165) is 0 Å². The highest BCUT2D eigenvalue weighted by molar-refractivity contribution is 6.12. The van der Waals surface area contributed by atoms with Crippen LogP contribution in [0.2, 0.25) is 0 Å². The van der Waals surface area contributed by atoms with Gasteiger partial charge in [-0.2, -0.15) is 0 Å². The Hall–Kier alpha value is -4.68. The molecule has 7 aromatic carbocycles. The Morgan fingerprint density at radius 3 is 1.72 bits per heavy atom. The second-order valence-electron chi connectivity index (χ2n) is 9.35. The van der Waals surface area contributed by atoms with Gasteiger partial charge in [-0.05, 0) is 77.8 Å². The lowest BCUT2D eigenvalue weighted by atomic mass is 9.84. The molecule has 0 nitrogen and oxygen atoms in total. The van der Waals surface area contributed by atoms with Crippen molar-refractivity contribution in [2.75, 3.05) is 0 Å². The molecule has 36 heavy (non-hydrogen) atoms. The van der Waals surface area contributed by atoms with E-state index in [4.69, 9.17) is 0 Å². The van der Waals surface area contributed by atoms with Crippen LogP contribution in [0, 0.1) is 0 Å². The van der Waals surface area contributed by atoms with E-state index < -0.39 is 0 Å². The smallest absolute Gasteiger partial charge is 0.00204 e. The molecule has 0 N–H and O–H groups in total. The van der Waals surface area contributed by atoms with E-state index >= 15 is 0 Å². The molecule has 0 aliphatic carbocycles. The van der Waals surface area contributed by atoms with Crippen LogP contribution in [0.25, 0.3) is 65.7 Å². The van der Waals surface area contributed by atoms with E-state index in [1.807, 2.05) is 0 Å². The Balaban J connectivity index is 1.61. The van der Waals surface area contributed by atoms with Crippen LogP contribution >= 0.6 is 0 Å². The standard InChI is InChI=1S/C36H24/c1-2-11-26(12-3-1)31-22-21-29-23-27-14-4-5-15-28(27)24-35(29)36(31)34-19-9-8-18-33(34)32-20-10-16-25-13-6-7-17-30(25)32/h1-24H. The zero-order valence-corrected chi connectivity index (χ0v) is 19.9. The van der Waals surface area contributed by atoms with Gasteiger partial charge in [0.1, 0.15) is 0 Å². The molecule has 0 saturated carbocycles. The molecule has 0 heterocycles. The van der Waals surface area contributed by atoms with E-state index in [9.17, 15) is 0 Å². The van der Waals surface area contributed by atoms with Gasteiger partial charge in [-0.25, -0.2) is 0 Å². The highest BCUT2D eigenvalue weighted by atomic mass is 14.2. The van der Waals surface area contributed by atoms with Gasteiger partial charge in [-0.15, -0.1) is 0 Å². The number of rotatable bonds is 3. The first-order chi connectivity index (χ1) is 17.9. The number of benzene rings is 7. The van der Waals surface area contributed by atoms with Crippen LogP contribution in [-0.4, -0.2) is 0 Å². The molecule has 168 valence electrons. The summed E-state index contributed by atoms with van der Waals surface area (Å²) in [6, 6.07) is 52.8. The lowest BCUT2D eigenvalue weighted by molar-refractivity contribution is 1.60. The highest BCUT2D eigenvalue weighted by Gasteiger charge is 2.17. The van der Waals surface area contributed by atoms with Gasteiger partial charge in [0.25, 0.3) is 0 Å². The van der Waals surface area contributed by atoms with Gasteiger partial charge in [0.2, 0.25) is 0 Å². The van der Waals surface area contributed by atoms with Gasteiger partial charge in [-0.1, -0.05) is 133 Å². The van der Waals surface area contributed by atoms with Gasteiger partial charge in [0.05, 0.1) is 0 Å².